The number of carbonyl (C=O) groups is 1. The molecule has 1 aromatic heterocycles. The molecule has 124 valence electrons. The van der Waals surface area contributed by atoms with Crippen molar-refractivity contribution < 1.29 is 9.90 Å². The van der Waals surface area contributed by atoms with Crippen LogP contribution in [-0.2, 0) is 11.2 Å². The summed E-state index contributed by atoms with van der Waals surface area (Å²) in [6, 6.07) is 9.90. The second-order valence-corrected chi connectivity index (χ2v) is 5.77. The molecule has 0 bridgehead atoms. The number of nitrogens with zero attached hydrogens (tertiary/aromatic N) is 2. The minimum absolute atomic E-state index is 0.0351. The van der Waals surface area contributed by atoms with E-state index in [9.17, 15) is 9.90 Å². The van der Waals surface area contributed by atoms with Crippen molar-refractivity contribution in [1.82, 2.24) is 15.1 Å². The van der Waals surface area contributed by atoms with Gasteiger partial charge in [-0.3, -0.25) is 4.79 Å². The van der Waals surface area contributed by atoms with Gasteiger partial charge in [0.25, 0.3) is 0 Å². The lowest BCUT2D eigenvalue weighted by Crippen LogP contribution is -2.28. The van der Waals surface area contributed by atoms with E-state index in [0.717, 1.165) is 22.6 Å². The number of aromatic nitrogens is 2. The first-order valence-corrected chi connectivity index (χ1v) is 8.08. The Morgan fingerprint density at radius 1 is 1.30 bits per heavy atom. The third kappa shape index (κ3) is 4.42. The van der Waals surface area contributed by atoms with Crippen LogP contribution in [0.15, 0.2) is 30.3 Å². The summed E-state index contributed by atoms with van der Waals surface area (Å²) in [6.45, 7) is 6.34. The Morgan fingerprint density at radius 3 is 2.65 bits per heavy atom. The Kier molecular flexibility index (Phi) is 5.93. The zero-order valence-corrected chi connectivity index (χ0v) is 14.0. The number of nitrogens with one attached hydrogen (secondary N) is 1. The molecular weight excluding hydrogens is 290 g/mol. The molecule has 1 amide bonds. The molecule has 2 N–H and O–H groups in total. The van der Waals surface area contributed by atoms with E-state index >= 15 is 0 Å². The number of para-hydroxylation sites is 1. The molecule has 0 saturated heterocycles. The van der Waals surface area contributed by atoms with Crippen molar-refractivity contribution in [2.24, 2.45) is 0 Å². The predicted molar refractivity (Wildman–Crippen MR) is 90.7 cm³/mol. The van der Waals surface area contributed by atoms with Crippen LogP contribution >= 0.6 is 0 Å². The highest BCUT2D eigenvalue weighted by Crippen LogP contribution is 2.18. The second-order valence-electron chi connectivity index (χ2n) is 5.77. The molecule has 1 atom stereocenters. The van der Waals surface area contributed by atoms with Crippen molar-refractivity contribution in [2.75, 3.05) is 6.54 Å². The van der Waals surface area contributed by atoms with Gasteiger partial charge in [-0.15, -0.1) is 0 Å². The van der Waals surface area contributed by atoms with E-state index in [-0.39, 0.29) is 12.0 Å². The maximum atomic E-state index is 12.1. The molecule has 0 fully saturated rings. The highest BCUT2D eigenvalue weighted by atomic mass is 16.3. The lowest BCUT2D eigenvalue weighted by atomic mass is 10.1. The second kappa shape index (κ2) is 7.92. The molecule has 0 aliphatic carbocycles. The summed E-state index contributed by atoms with van der Waals surface area (Å²) in [6.07, 6.45) is 1.26. The lowest BCUT2D eigenvalue weighted by molar-refractivity contribution is -0.120. The fourth-order valence-electron chi connectivity index (χ4n) is 2.56. The van der Waals surface area contributed by atoms with Crippen molar-refractivity contribution in [3.05, 3.63) is 47.3 Å². The third-order valence-corrected chi connectivity index (χ3v) is 4.05. The average molecular weight is 315 g/mol. The largest absolute Gasteiger partial charge is 0.393 e. The van der Waals surface area contributed by atoms with E-state index in [4.69, 9.17) is 0 Å². The van der Waals surface area contributed by atoms with Gasteiger partial charge in [0.15, 0.2) is 0 Å². The molecular formula is C18H25N3O2. The maximum Gasteiger partial charge on any atom is 0.224 e. The zero-order chi connectivity index (χ0) is 16.8. The van der Waals surface area contributed by atoms with Crippen LogP contribution in [0.3, 0.4) is 0 Å². The Hall–Kier alpha value is -2.14. The smallest absolute Gasteiger partial charge is 0.224 e. The predicted octanol–water partition coefficient (Wildman–Crippen LogP) is 2.31. The number of hydrogen-bond acceptors (Lipinski definition) is 3. The molecule has 0 aliphatic heterocycles. The summed E-state index contributed by atoms with van der Waals surface area (Å²) < 4.78 is 1.87. The summed E-state index contributed by atoms with van der Waals surface area (Å²) in [5.74, 6) is -0.0351. The van der Waals surface area contributed by atoms with Gasteiger partial charge in [0.2, 0.25) is 5.91 Å². The first-order valence-electron chi connectivity index (χ1n) is 8.08. The van der Waals surface area contributed by atoms with Gasteiger partial charge in [-0.05, 0) is 38.8 Å². The van der Waals surface area contributed by atoms with Gasteiger partial charge in [-0.2, -0.15) is 5.10 Å². The number of hydrogen-bond donors (Lipinski definition) is 2. The van der Waals surface area contributed by atoms with Crippen molar-refractivity contribution in [1.29, 1.82) is 0 Å². The monoisotopic (exact) mass is 315 g/mol. The number of aliphatic hydroxyl groups is 1. The van der Waals surface area contributed by atoms with Crippen molar-refractivity contribution in [3.8, 4) is 5.69 Å². The molecule has 2 rings (SSSR count). The average Bonchev–Trinajstić information content (AvgIpc) is 2.83. The minimum atomic E-state index is -0.348. The maximum absolute atomic E-state index is 12.1. The summed E-state index contributed by atoms with van der Waals surface area (Å²) in [7, 11) is 0. The highest BCUT2D eigenvalue weighted by molar-refractivity contribution is 5.79. The van der Waals surface area contributed by atoms with Crippen LogP contribution in [0.2, 0.25) is 0 Å². The van der Waals surface area contributed by atoms with Gasteiger partial charge < -0.3 is 10.4 Å². The number of rotatable bonds is 7. The van der Waals surface area contributed by atoms with E-state index in [0.29, 0.717) is 25.8 Å². The van der Waals surface area contributed by atoms with Crippen molar-refractivity contribution >= 4 is 5.91 Å². The Morgan fingerprint density at radius 2 is 2.00 bits per heavy atom. The molecule has 0 spiro atoms. The Bertz CT molecular complexity index is 650. The Labute approximate surface area is 137 Å². The third-order valence-electron chi connectivity index (χ3n) is 4.05. The van der Waals surface area contributed by atoms with E-state index in [1.807, 2.05) is 55.8 Å². The van der Waals surface area contributed by atoms with Gasteiger partial charge in [-0.1, -0.05) is 25.1 Å². The number of aryl methyl sites for hydroxylation is 1. The molecule has 1 heterocycles. The van der Waals surface area contributed by atoms with Crippen LogP contribution in [0.4, 0.5) is 0 Å². The molecule has 5 heteroatoms. The van der Waals surface area contributed by atoms with E-state index < -0.39 is 0 Å². The summed E-state index contributed by atoms with van der Waals surface area (Å²) in [4.78, 5) is 12.1. The van der Waals surface area contributed by atoms with Gasteiger partial charge >= 0.3 is 0 Å². The first kappa shape index (κ1) is 17.2. The van der Waals surface area contributed by atoms with Gasteiger partial charge in [0.1, 0.15) is 0 Å². The first-order chi connectivity index (χ1) is 11.0. The van der Waals surface area contributed by atoms with Crippen LogP contribution in [0, 0.1) is 13.8 Å². The van der Waals surface area contributed by atoms with Gasteiger partial charge in [0.05, 0.1) is 23.9 Å². The topological polar surface area (TPSA) is 67.2 Å². The summed E-state index contributed by atoms with van der Waals surface area (Å²) in [5.41, 5.74) is 3.81. The molecule has 0 saturated carbocycles. The van der Waals surface area contributed by atoms with E-state index in [1.54, 1.807) is 0 Å². The molecule has 5 nitrogen and oxygen atoms in total. The fraction of sp³-hybridized carbons (Fsp3) is 0.444. The number of benzene rings is 1. The van der Waals surface area contributed by atoms with E-state index in [1.165, 1.54) is 0 Å². The van der Waals surface area contributed by atoms with Crippen LogP contribution in [0.25, 0.3) is 5.69 Å². The molecule has 1 aromatic carbocycles. The number of amides is 1. The Balaban J connectivity index is 2.03. The van der Waals surface area contributed by atoms with Crippen molar-refractivity contribution in [2.45, 2.75) is 46.1 Å². The molecule has 23 heavy (non-hydrogen) atoms. The molecule has 0 aliphatic rings. The van der Waals surface area contributed by atoms with E-state index in [2.05, 4.69) is 10.4 Å². The SMILES string of the molecule is CCC(O)CCNC(=O)Cc1c(C)nn(-c2ccccc2)c1C. The fourth-order valence-corrected chi connectivity index (χ4v) is 2.56. The zero-order valence-electron chi connectivity index (χ0n) is 14.0. The lowest BCUT2D eigenvalue weighted by Gasteiger charge is -2.09. The van der Waals surface area contributed by atoms with Crippen LogP contribution in [-0.4, -0.2) is 33.4 Å². The van der Waals surface area contributed by atoms with Crippen LogP contribution < -0.4 is 5.32 Å². The molecule has 0 radical (unpaired) electrons. The van der Waals surface area contributed by atoms with Gasteiger partial charge in [0, 0.05) is 17.8 Å². The summed E-state index contributed by atoms with van der Waals surface area (Å²) >= 11 is 0. The van der Waals surface area contributed by atoms with Crippen molar-refractivity contribution in [3.63, 3.8) is 0 Å². The number of carbonyl (C=O) groups excluding carboxylic acids is 1. The number of aliphatic hydroxyl groups excluding tert-OH is 1. The standard InChI is InChI=1S/C18H25N3O2/c1-4-16(22)10-11-19-18(23)12-17-13(2)20-21(14(17)3)15-8-6-5-7-9-15/h5-9,16,22H,4,10-12H2,1-3H3,(H,19,23). The van der Waals surface area contributed by atoms with Crippen LogP contribution in [0.1, 0.15) is 36.7 Å². The normalized spacial score (nSPS) is 12.2. The quantitative estimate of drug-likeness (QED) is 0.824. The van der Waals surface area contributed by atoms with Gasteiger partial charge in [-0.25, -0.2) is 4.68 Å². The van der Waals surface area contributed by atoms with Crippen LogP contribution in [0.5, 0.6) is 0 Å². The molecule has 2 aromatic rings. The molecule has 1 unspecified atom stereocenters. The minimum Gasteiger partial charge on any atom is -0.393 e. The summed E-state index contributed by atoms with van der Waals surface area (Å²) in [5, 5.41) is 16.9. The highest BCUT2D eigenvalue weighted by Gasteiger charge is 2.15.